The van der Waals surface area contributed by atoms with E-state index in [-0.39, 0.29) is 6.04 Å². The van der Waals surface area contributed by atoms with Crippen LogP contribution in [0.15, 0.2) is 24.5 Å². The van der Waals surface area contributed by atoms with Crippen LogP contribution in [-0.4, -0.2) is 21.3 Å². The fourth-order valence-corrected chi connectivity index (χ4v) is 2.52. The van der Waals surface area contributed by atoms with E-state index in [2.05, 4.69) is 35.3 Å². The van der Waals surface area contributed by atoms with E-state index in [1.54, 1.807) is 12.4 Å². The van der Waals surface area contributed by atoms with Gasteiger partial charge in [-0.2, -0.15) is 5.10 Å². The number of hydrogen-bond donors (Lipinski definition) is 1. The highest BCUT2D eigenvalue weighted by molar-refractivity contribution is 6.31. The maximum absolute atomic E-state index is 6.31. The van der Waals surface area contributed by atoms with Crippen LogP contribution in [0.5, 0.6) is 0 Å². The lowest BCUT2D eigenvalue weighted by Gasteiger charge is -2.21. The molecule has 2 rings (SSSR count). The molecular weight excluding hydrogens is 260 g/mol. The van der Waals surface area contributed by atoms with Crippen molar-refractivity contribution in [2.24, 2.45) is 0 Å². The Morgan fingerprint density at radius 3 is 2.84 bits per heavy atom. The molecule has 0 radical (unpaired) electrons. The Labute approximate surface area is 118 Å². The first kappa shape index (κ1) is 14.0. The zero-order chi connectivity index (χ0) is 13.8. The molecule has 0 amide bonds. The topological polar surface area (TPSA) is 42.7 Å². The maximum Gasteiger partial charge on any atom is 0.0837 e. The fourth-order valence-electron chi connectivity index (χ4n) is 2.27. The molecule has 0 aromatic carbocycles. The van der Waals surface area contributed by atoms with Gasteiger partial charge in [0.05, 0.1) is 23.0 Å². The summed E-state index contributed by atoms with van der Waals surface area (Å²) in [5, 5.41) is 8.48. The SMILES string of the molecule is CCNC(c1cccnc1C)c1c(Cl)cnn1CC. The van der Waals surface area contributed by atoms with Crippen LogP contribution in [0, 0.1) is 6.92 Å². The van der Waals surface area contributed by atoms with Crippen molar-refractivity contribution in [2.75, 3.05) is 6.54 Å². The molecule has 2 aromatic heterocycles. The zero-order valence-electron chi connectivity index (χ0n) is 11.5. The monoisotopic (exact) mass is 278 g/mol. The lowest BCUT2D eigenvalue weighted by Crippen LogP contribution is -2.26. The van der Waals surface area contributed by atoms with Crippen LogP contribution in [0.1, 0.15) is 36.8 Å². The van der Waals surface area contributed by atoms with E-state index in [0.717, 1.165) is 30.0 Å². The van der Waals surface area contributed by atoms with E-state index < -0.39 is 0 Å². The van der Waals surface area contributed by atoms with Crippen LogP contribution in [0.2, 0.25) is 5.02 Å². The number of hydrogen-bond acceptors (Lipinski definition) is 3. The summed E-state index contributed by atoms with van der Waals surface area (Å²) in [5.74, 6) is 0. The second-order valence-electron chi connectivity index (χ2n) is 4.36. The number of nitrogens with zero attached hydrogens (tertiary/aromatic N) is 3. The van der Waals surface area contributed by atoms with Crippen molar-refractivity contribution >= 4 is 11.6 Å². The summed E-state index contributed by atoms with van der Waals surface area (Å²) in [7, 11) is 0. The third-order valence-corrected chi connectivity index (χ3v) is 3.46. The maximum atomic E-state index is 6.31. The molecule has 2 heterocycles. The van der Waals surface area contributed by atoms with Gasteiger partial charge in [0.25, 0.3) is 0 Å². The Balaban J connectivity index is 2.51. The molecule has 4 nitrogen and oxygen atoms in total. The van der Waals surface area contributed by atoms with Crippen LogP contribution in [0.4, 0.5) is 0 Å². The molecule has 0 bridgehead atoms. The number of rotatable bonds is 5. The second-order valence-corrected chi connectivity index (χ2v) is 4.77. The van der Waals surface area contributed by atoms with Crippen LogP contribution in [0.3, 0.4) is 0 Å². The second kappa shape index (κ2) is 6.17. The normalized spacial score (nSPS) is 12.6. The van der Waals surface area contributed by atoms with Gasteiger partial charge in [0.1, 0.15) is 0 Å². The first-order valence-corrected chi connectivity index (χ1v) is 6.92. The standard InChI is InChI=1S/C14H19ClN4/c1-4-16-13(11-7-6-8-17-10(11)3)14-12(15)9-18-19(14)5-2/h6-9,13,16H,4-5H2,1-3H3. The molecule has 0 saturated heterocycles. The zero-order valence-corrected chi connectivity index (χ0v) is 12.3. The Hall–Kier alpha value is -1.39. The van der Waals surface area contributed by atoms with E-state index in [1.807, 2.05) is 17.7 Å². The molecule has 0 aliphatic heterocycles. The van der Waals surface area contributed by atoms with Crippen molar-refractivity contribution in [3.63, 3.8) is 0 Å². The van der Waals surface area contributed by atoms with E-state index in [9.17, 15) is 0 Å². The highest BCUT2D eigenvalue weighted by Crippen LogP contribution is 2.29. The number of nitrogens with one attached hydrogen (secondary N) is 1. The molecule has 0 aliphatic carbocycles. The fraction of sp³-hybridized carbons (Fsp3) is 0.429. The van der Waals surface area contributed by atoms with E-state index in [4.69, 9.17) is 11.6 Å². The molecule has 1 N–H and O–H groups in total. The van der Waals surface area contributed by atoms with Gasteiger partial charge in [0.2, 0.25) is 0 Å². The molecule has 1 unspecified atom stereocenters. The Morgan fingerprint density at radius 1 is 1.42 bits per heavy atom. The minimum absolute atomic E-state index is 0.0219. The molecular formula is C14H19ClN4. The molecule has 0 aliphatic rings. The first-order valence-electron chi connectivity index (χ1n) is 6.55. The lowest BCUT2D eigenvalue weighted by atomic mass is 10.0. The van der Waals surface area contributed by atoms with Crippen molar-refractivity contribution in [1.82, 2.24) is 20.1 Å². The van der Waals surface area contributed by atoms with Gasteiger partial charge in [-0.1, -0.05) is 24.6 Å². The predicted molar refractivity (Wildman–Crippen MR) is 77.4 cm³/mol. The van der Waals surface area contributed by atoms with Gasteiger partial charge >= 0.3 is 0 Å². The van der Waals surface area contributed by atoms with Gasteiger partial charge in [-0.3, -0.25) is 9.67 Å². The quantitative estimate of drug-likeness (QED) is 0.914. The summed E-state index contributed by atoms with van der Waals surface area (Å²) in [6.45, 7) is 7.80. The number of aromatic nitrogens is 3. The summed E-state index contributed by atoms with van der Waals surface area (Å²) in [6, 6.07) is 4.06. The summed E-state index contributed by atoms with van der Waals surface area (Å²) < 4.78 is 1.93. The summed E-state index contributed by atoms with van der Waals surface area (Å²) in [4.78, 5) is 4.36. The average Bonchev–Trinajstić information content (AvgIpc) is 2.78. The highest BCUT2D eigenvalue weighted by atomic mass is 35.5. The predicted octanol–water partition coefficient (Wildman–Crippen LogP) is 2.96. The van der Waals surface area contributed by atoms with Crippen LogP contribution >= 0.6 is 11.6 Å². The van der Waals surface area contributed by atoms with Gasteiger partial charge in [-0.05, 0) is 32.0 Å². The summed E-state index contributed by atoms with van der Waals surface area (Å²) in [6.07, 6.45) is 3.51. The third-order valence-electron chi connectivity index (χ3n) is 3.17. The van der Waals surface area contributed by atoms with Gasteiger partial charge < -0.3 is 5.32 Å². The Bertz CT molecular complexity index is 550. The van der Waals surface area contributed by atoms with Crippen molar-refractivity contribution in [3.05, 3.63) is 46.5 Å². The van der Waals surface area contributed by atoms with Gasteiger partial charge in [0, 0.05) is 18.4 Å². The van der Waals surface area contributed by atoms with Crippen molar-refractivity contribution in [2.45, 2.75) is 33.4 Å². The molecule has 1 atom stereocenters. The van der Waals surface area contributed by atoms with Crippen LogP contribution in [-0.2, 0) is 6.54 Å². The molecule has 2 aromatic rings. The van der Waals surface area contributed by atoms with Crippen LogP contribution < -0.4 is 5.32 Å². The number of pyridine rings is 1. The van der Waals surface area contributed by atoms with Crippen molar-refractivity contribution in [1.29, 1.82) is 0 Å². The number of aryl methyl sites for hydroxylation is 2. The van der Waals surface area contributed by atoms with E-state index in [0.29, 0.717) is 5.02 Å². The van der Waals surface area contributed by atoms with E-state index >= 15 is 0 Å². The van der Waals surface area contributed by atoms with Crippen molar-refractivity contribution < 1.29 is 0 Å². The molecule has 102 valence electrons. The summed E-state index contributed by atoms with van der Waals surface area (Å²) >= 11 is 6.31. The van der Waals surface area contributed by atoms with Crippen molar-refractivity contribution in [3.8, 4) is 0 Å². The van der Waals surface area contributed by atoms with E-state index in [1.165, 1.54) is 0 Å². The molecule has 0 saturated carbocycles. The van der Waals surface area contributed by atoms with Crippen LogP contribution in [0.25, 0.3) is 0 Å². The third kappa shape index (κ3) is 2.80. The smallest absolute Gasteiger partial charge is 0.0837 e. The average molecular weight is 279 g/mol. The molecule has 0 fully saturated rings. The minimum atomic E-state index is 0.0219. The largest absolute Gasteiger partial charge is 0.305 e. The summed E-state index contributed by atoms with van der Waals surface area (Å²) in [5.41, 5.74) is 3.15. The van der Waals surface area contributed by atoms with Gasteiger partial charge in [0.15, 0.2) is 0 Å². The first-order chi connectivity index (χ1) is 9.19. The molecule has 5 heteroatoms. The number of halogens is 1. The lowest BCUT2D eigenvalue weighted by molar-refractivity contribution is 0.540. The molecule has 0 spiro atoms. The molecule has 19 heavy (non-hydrogen) atoms. The Kier molecular flexibility index (Phi) is 4.56. The minimum Gasteiger partial charge on any atom is -0.305 e. The van der Waals surface area contributed by atoms with Gasteiger partial charge in [-0.15, -0.1) is 0 Å². The highest BCUT2D eigenvalue weighted by Gasteiger charge is 2.22. The Morgan fingerprint density at radius 2 is 2.21 bits per heavy atom. The van der Waals surface area contributed by atoms with Gasteiger partial charge in [-0.25, -0.2) is 0 Å².